The van der Waals surface area contributed by atoms with Gasteiger partial charge in [-0.05, 0) is 44.9 Å². The van der Waals surface area contributed by atoms with Crippen LogP contribution in [0.3, 0.4) is 0 Å². The third-order valence-corrected chi connectivity index (χ3v) is 4.88. The first kappa shape index (κ1) is 16.3. The number of nitrogens with zero attached hydrogens (tertiary/aromatic N) is 3. The molecule has 8 heteroatoms. The standard InChI is InChI=1S/C15H16ClFN4OS/c1-8(14(22)18-13-6-3-10(16)7-12(13)17)23-15-20-19-9(2)21(15)11-4-5-11/h3,6-8,11H,4-5H2,1-2H3,(H,18,22)/t8-/m1/s1. The van der Waals surface area contributed by atoms with Crippen LogP contribution in [-0.2, 0) is 4.79 Å². The van der Waals surface area contributed by atoms with Crippen molar-refractivity contribution in [1.82, 2.24) is 14.8 Å². The first-order valence-corrected chi connectivity index (χ1v) is 8.55. The van der Waals surface area contributed by atoms with Crippen LogP contribution in [0.5, 0.6) is 0 Å². The number of hydrogen-bond donors (Lipinski definition) is 1. The van der Waals surface area contributed by atoms with Gasteiger partial charge in [0.25, 0.3) is 0 Å². The van der Waals surface area contributed by atoms with Gasteiger partial charge in [-0.3, -0.25) is 4.79 Å². The molecule has 1 fully saturated rings. The topological polar surface area (TPSA) is 59.8 Å². The number of amides is 1. The molecule has 122 valence electrons. The Labute approximate surface area is 142 Å². The molecular formula is C15H16ClFN4OS. The number of benzene rings is 1. The van der Waals surface area contributed by atoms with E-state index < -0.39 is 11.1 Å². The summed E-state index contributed by atoms with van der Waals surface area (Å²) in [5.41, 5.74) is 0.117. The highest BCUT2D eigenvalue weighted by atomic mass is 35.5. The Bertz CT molecular complexity index is 747. The van der Waals surface area contributed by atoms with Crippen LogP contribution in [0.25, 0.3) is 0 Å². The number of rotatable bonds is 5. The number of anilines is 1. The van der Waals surface area contributed by atoms with Crippen molar-refractivity contribution < 1.29 is 9.18 Å². The molecule has 23 heavy (non-hydrogen) atoms. The molecular weight excluding hydrogens is 339 g/mol. The van der Waals surface area contributed by atoms with Crippen LogP contribution in [0.4, 0.5) is 10.1 Å². The molecule has 0 radical (unpaired) electrons. The molecule has 1 N–H and O–H groups in total. The maximum absolute atomic E-state index is 13.8. The van der Waals surface area contributed by atoms with E-state index in [2.05, 4.69) is 20.1 Å². The second kappa shape index (κ2) is 6.49. The summed E-state index contributed by atoms with van der Waals surface area (Å²) in [4.78, 5) is 12.3. The Morgan fingerprint density at radius 2 is 2.22 bits per heavy atom. The molecule has 1 aliphatic carbocycles. The number of aromatic nitrogens is 3. The van der Waals surface area contributed by atoms with E-state index in [-0.39, 0.29) is 16.6 Å². The lowest BCUT2D eigenvalue weighted by Gasteiger charge is -2.13. The highest BCUT2D eigenvalue weighted by molar-refractivity contribution is 8.00. The van der Waals surface area contributed by atoms with Crippen LogP contribution in [0.1, 0.15) is 31.6 Å². The lowest BCUT2D eigenvalue weighted by Crippen LogP contribution is -2.23. The summed E-state index contributed by atoms with van der Waals surface area (Å²) in [6, 6.07) is 4.59. The number of halogens is 2. The summed E-state index contributed by atoms with van der Waals surface area (Å²) in [7, 11) is 0. The fourth-order valence-electron chi connectivity index (χ4n) is 2.22. The van der Waals surface area contributed by atoms with E-state index in [0.29, 0.717) is 6.04 Å². The van der Waals surface area contributed by atoms with Crippen LogP contribution in [0, 0.1) is 12.7 Å². The number of thioether (sulfide) groups is 1. The van der Waals surface area contributed by atoms with Crippen LogP contribution in [0.2, 0.25) is 5.02 Å². The van der Waals surface area contributed by atoms with Gasteiger partial charge in [-0.15, -0.1) is 10.2 Å². The third kappa shape index (κ3) is 3.67. The highest BCUT2D eigenvalue weighted by Crippen LogP contribution is 2.39. The van der Waals surface area contributed by atoms with Gasteiger partial charge >= 0.3 is 0 Å². The molecule has 1 aromatic heterocycles. The van der Waals surface area contributed by atoms with E-state index >= 15 is 0 Å². The number of carbonyl (C=O) groups is 1. The molecule has 1 aliphatic rings. The maximum atomic E-state index is 13.8. The third-order valence-electron chi connectivity index (χ3n) is 3.59. The minimum absolute atomic E-state index is 0.117. The van der Waals surface area contributed by atoms with Crippen molar-refractivity contribution in [1.29, 1.82) is 0 Å². The molecule has 0 aliphatic heterocycles. The Balaban J connectivity index is 1.68. The molecule has 3 rings (SSSR count). The zero-order chi connectivity index (χ0) is 16.6. The number of nitrogens with one attached hydrogen (secondary N) is 1. The van der Waals surface area contributed by atoms with Gasteiger partial charge in [0.2, 0.25) is 5.91 Å². The van der Waals surface area contributed by atoms with Crippen molar-refractivity contribution in [3.8, 4) is 0 Å². The van der Waals surface area contributed by atoms with Crippen LogP contribution < -0.4 is 5.32 Å². The average Bonchev–Trinajstić information content (AvgIpc) is 3.26. The molecule has 1 aromatic carbocycles. The summed E-state index contributed by atoms with van der Waals surface area (Å²) < 4.78 is 15.8. The second-order valence-corrected chi connectivity index (χ2v) is 7.25. The van der Waals surface area contributed by atoms with Gasteiger partial charge in [0, 0.05) is 11.1 Å². The fraction of sp³-hybridized carbons (Fsp3) is 0.400. The minimum Gasteiger partial charge on any atom is -0.323 e. The molecule has 0 bridgehead atoms. The predicted octanol–water partition coefficient (Wildman–Crippen LogP) is 3.83. The quantitative estimate of drug-likeness (QED) is 0.829. The Morgan fingerprint density at radius 1 is 1.48 bits per heavy atom. The van der Waals surface area contributed by atoms with Crippen molar-refractivity contribution in [2.75, 3.05) is 5.32 Å². The average molecular weight is 355 g/mol. The SMILES string of the molecule is Cc1nnc(S[C@H](C)C(=O)Nc2ccc(Cl)cc2F)n1C1CC1. The second-order valence-electron chi connectivity index (χ2n) is 5.50. The Kier molecular flexibility index (Phi) is 4.59. The molecule has 2 aromatic rings. The molecule has 5 nitrogen and oxygen atoms in total. The summed E-state index contributed by atoms with van der Waals surface area (Å²) in [6.45, 7) is 3.66. The summed E-state index contributed by atoms with van der Waals surface area (Å²) in [6.07, 6.45) is 2.23. The van der Waals surface area contributed by atoms with Crippen molar-refractivity contribution in [3.05, 3.63) is 34.9 Å². The normalized spacial score (nSPS) is 15.5. The van der Waals surface area contributed by atoms with E-state index in [0.717, 1.165) is 23.8 Å². The highest BCUT2D eigenvalue weighted by Gasteiger charge is 2.30. The van der Waals surface area contributed by atoms with Crippen molar-refractivity contribution >= 4 is 35.0 Å². The summed E-state index contributed by atoms with van der Waals surface area (Å²) >= 11 is 7.03. The van der Waals surface area contributed by atoms with Crippen LogP contribution in [-0.4, -0.2) is 25.9 Å². The van der Waals surface area contributed by atoms with E-state index in [4.69, 9.17) is 11.6 Å². The van der Waals surface area contributed by atoms with E-state index in [1.165, 1.54) is 30.0 Å². The number of hydrogen-bond acceptors (Lipinski definition) is 4. The lowest BCUT2D eigenvalue weighted by molar-refractivity contribution is -0.115. The predicted molar refractivity (Wildman–Crippen MR) is 88.4 cm³/mol. The van der Waals surface area contributed by atoms with Gasteiger partial charge in [-0.2, -0.15) is 0 Å². The maximum Gasteiger partial charge on any atom is 0.237 e. The number of aryl methyl sites for hydroxylation is 1. The van der Waals surface area contributed by atoms with Gasteiger partial charge in [-0.1, -0.05) is 23.4 Å². The molecule has 1 saturated carbocycles. The van der Waals surface area contributed by atoms with Gasteiger partial charge in [-0.25, -0.2) is 4.39 Å². The van der Waals surface area contributed by atoms with Crippen molar-refractivity contribution in [2.45, 2.75) is 43.1 Å². The van der Waals surface area contributed by atoms with Crippen LogP contribution in [0.15, 0.2) is 23.4 Å². The molecule has 0 saturated heterocycles. The largest absolute Gasteiger partial charge is 0.323 e. The van der Waals surface area contributed by atoms with Gasteiger partial charge in [0.15, 0.2) is 5.16 Å². The summed E-state index contributed by atoms with van der Waals surface area (Å²) in [5, 5.41) is 11.4. The Hall–Kier alpha value is -1.60. The smallest absolute Gasteiger partial charge is 0.237 e. The minimum atomic E-state index is -0.556. The summed E-state index contributed by atoms with van der Waals surface area (Å²) in [5.74, 6) is 0.00520. The molecule has 1 amide bonds. The van der Waals surface area contributed by atoms with Gasteiger partial charge < -0.3 is 9.88 Å². The van der Waals surface area contributed by atoms with Crippen LogP contribution >= 0.6 is 23.4 Å². The zero-order valence-corrected chi connectivity index (χ0v) is 14.3. The van der Waals surface area contributed by atoms with Gasteiger partial charge in [0.05, 0.1) is 10.9 Å². The molecule has 0 spiro atoms. The Morgan fingerprint density at radius 3 is 2.87 bits per heavy atom. The van der Waals surface area contributed by atoms with Crippen molar-refractivity contribution in [2.24, 2.45) is 0 Å². The van der Waals surface area contributed by atoms with Crippen molar-refractivity contribution in [3.63, 3.8) is 0 Å². The van der Waals surface area contributed by atoms with E-state index in [1.807, 2.05) is 6.92 Å². The number of carbonyl (C=O) groups excluding carboxylic acids is 1. The van der Waals surface area contributed by atoms with Gasteiger partial charge in [0.1, 0.15) is 11.6 Å². The first-order chi connectivity index (χ1) is 11.0. The fourth-order valence-corrected chi connectivity index (χ4v) is 3.34. The molecule has 0 unspecified atom stereocenters. The monoisotopic (exact) mass is 354 g/mol. The first-order valence-electron chi connectivity index (χ1n) is 7.30. The van der Waals surface area contributed by atoms with E-state index in [1.54, 1.807) is 6.92 Å². The lowest BCUT2D eigenvalue weighted by atomic mass is 10.3. The van der Waals surface area contributed by atoms with E-state index in [9.17, 15) is 9.18 Å². The molecule has 1 heterocycles. The zero-order valence-electron chi connectivity index (χ0n) is 12.7. The molecule has 1 atom stereocenters.